The molecule has 1 rings (SSSR count). The van der Waals surface area contributed by atoms with E-state index in [9.17, 15) is 22.8 Å². The Morgan fingerprint density at radius 3 is 2.18 bits per heavy atom. The lowest BCUT2D eigenvalue weighted by Crippen LogP contribution is -2.52. The van der Waals surface area contributed by atoms with Gasteiger partial charge in [0.25, 0.3) is 5.60 Å². The Labute approximate surface area is 193 Å². The van der Waals surface area contributed by atoms with Crippen LogP contribution in [0.15, 0.2) is 54.6 Å². The first kappa shape index (κ1) is 28.4. The lowest BCUT2D eigenvalue weighted by Gasteiger charge is -2.33. The van der Waals surface area contributed by atoms with Crippen LogP contribution in [0.3, 0.4) is 0 Å². The number of carbonyl (C=O) groups is 2. The van der Waals surface area contributed by atoms with Crippen LogP contribution in [-0.2, 0) is 29.4 Å². The molecule has 0 bridgehead atoms. The van der Waals surface area contributed by atoms with Crippen LogP contribution in [0.2, 0.25) is 0 Å². The van der Waals surface area contributed by atoms with Crippen LogP contribution in [0.5, 0.6) is 0 Å². The van der Waals surface area contributed by atoms with Crippen molar-refractivity contribution in [1.82, 2.24) is 0 Å². The summed E-state index contributed by atoms with van der Waals surface area (Å²) in [4.78, 5) is 24.1. The fourth-order valence-corrected chi connectivity index (χ4v) is 3.32. The summed E-state index contributed by atoms with van der Waals surface area (Å²) in [5, 5.41) is 0. The molecule has 0 aromatic heterocycles. The van der Waals surface area contributed by atoms with E-state index in [2.05, 4.69) is 11.7 Å². The predicted octanol–water partition coefficient (Wildman–Crippen LogP) is 6.04. The third-order valence-electron chi connectivity index (χ3n) is 5.14. The summed E-state index contributed by atoms with van der Waals surface area (Å²) in [5.41, 5.74) is -3.61. The number of alkyl halides is 3. The molecule has 0 fully saturated rings. The average molecular weight is 471 g/mol. The van der Waals surface area contributed by atoms with E-state index < -0.39 is 29.8 Å². The van der Waals surface area contributed by atoms with E-state index in [1.54, 1.807) is 6.07 Å². The van der Waals surface area contributed by atoms with E-state index in [4.69, 9.17) is 9.47 Å². The summed E-state index contributed by atoms with van der Waals surface area (Å²) in [7, 11) is 2.06. The molecule has 33 heavy (non-hydrogen) atoms. The fourth-order valence-electron chi connectivity index (χ4n) is 3.32. The number of benzene rings is 1. The molecule has 0 heterocycles. The van der Waals surface area contributed by atoms with Crippen LogP contribution in [-0.4, -0.2) is 38.4 Å². The van der Waals surface area contributed by atoms with Crippen LogP contribution in [0, 0.1) is 0 Å². The molecule has 0 aliphatic carbocycles. The highest BCUT2D eigenvalue weighted by molar-refractivity contribution is 5.83. The first-order chi connectivity index (χ1) is 15.7. The second kappa shape index (κ2) is 14.5. The molecule has 0 N–H and O–H groups in total. The van der Waals surface area contributed by atoms with Crippen molar-refractivity contribution in [3.05, 3.63) is 60.2 Å². The van der Waals surface area contributed by atoms with Crippen molar-refractivity contribution >= 4 is 11.9 Å². The lowest BCUT2D eigenvalue weighted by molar-refractivity contribution is -0.277. The molecule has 0 aliphatic heterocycles. The van der Waals surface area contributed by atoms with E-state index in [-0.39, 0.29) is 5.56 Å². The number of carbonyl (C=O) groups excluding carboxylic acids is 2. The minimum Gasteiger partial charge on any atom is -0.466 e. The van der Waals surface area contributed by atoms with E-state index in [1.807, 2.05) is 0 Å². The molecule has 0 aliphatic rings. The van der Waals surface area contributed by atoms with Gasteiger partial charge in [0.15, 0.2) is 0 Å². The average Bonchev–Trinajstić information content (AvgIpc) is 2.79. The first-order valence-corrected chi connectivity index (χ1v) is 11.0. The zero-order chi connectivity index (χ0) is 24.7. The minimum atomic E-state index is -5.04. The third-order valence-corrected chi connectivity index (χ3v) is 5.14. The summed E-state index contributed by atoms with van der Waals surface area (Å²) in [6.07, 6.45) is 5.62. The van der Waals surface area contributed by atoms with Gasteiger partial charge in [0.1, 0.15) is 6.10 Å². The molecular weight excluding hydrogens is 437 g/mol. The summed E-state index contributed by atoms with van der Waals surface area (Å²) >= 11 is 0. The van der Waals surface area contributed by atoms with Gasteiger partial charge in [-0.2, -0.15) is 13.2 Å². The first-order valence-electron chi connectivity index (χ1n) is 11.0. The molecule has 0 saturated heterocycles. The summed E-state index contributed by atoms with van der Waals surface area (Å²) < 4.78 is 57.0. The molecule has 184 valence electrons. The quantitative estimate of drug-likeness (QED) is 0.144. The molecule has 0 radical (unpaired) electrons. The Bertz CT molecular complexity index is 774. The maximum atomic E-state index is 14.1. The number of halogens is 3. The number of hydrogen-bond acceptors (Lipinski definition) is 5. The van der Waals surface area contributed by atoms with E-state index in [0.717, 1.165) is 45.3 Å². The van der Waals surface area contributed by atoms with E-state index in [1.165, 1.54) is 49.6 Å². The van der Waals surface area contributed by atoms with Crippen molar-refractivity contribution < 1.29 is 37.0 Å². The molecule has 0 spiro atoms. The third kappa shape index (κ3) is 8.68. The highest BCUT2D eigenvalue weighted by atomic mass is 19.4. The SMILES string of the molecule is CCCCCCCC[C@H](/C=C/C=C/C(=O)OC)OC(=O)[C@@](OC)(c1ccccc1)C(F)(F)F. The van der Waals surface area contributed by atoms with Crippen LogP contribution in [0.4, 0.5) is 13.2 Å². The Hall–Kier alpha value is -2.61. The number of hydrogen-bond donors (Lipinski definition) is 0. The number of rotatable bonds is 14. The molecule has 0 unspecified atom stereocenters. The Balaban J connectivity index is 3.07. The standard InChI is InChI=1S/C25H33F3O5/c1-4-5-6-7-8-12-17-21(18-13-14-19-22(29)31-2)33-23(30)24(32-3,25(26,27)28)20-15-10-9-11-16-20/h9-11,13-16,18-19,21H,4-8,12,17H2,1-3H3/b18-13+,19-14+/t21-,24+/m1/s1. The maximum Gasteiger partial charge on any atom is 0.432 e. The normalized spacial score (nSPS) is 14.8. The van der Waals surface area contributed by atoms with Gasteiger partial charge in [-0.3, -0.25) is 0 Å². The van der Waals surface area contributed by atoms with Gasteiger partial charge in [0.2, 0.25) is 0 Å². The zero-order valence-electron chi connectivity index (χ0n) is 19.4. The van der Waals surface area contributed by atoms with Gasteiger partial charge in [-0.1, -0.05) is 81.5 Å². The summed E-state index contributed by atoms with van der Waals surface area (Å²) in [6, 6.07) is 6.69. The molecular formula is C25H33F3O5. The topological polar surface area (TPSA) is 61.8 Å². The highest BCUT2D eigenvalue weighted by Gasteiger charge is 2.64. The van der Waals surface area contributed by atoms with Gasteiger partial charge in [0.05, 0.1) is 7.11 Å². The van der Waals surface area contributed by atoms with Gasteiger partial charge in [0, 0.05) is 18.7 Å². The maximum absolute atomic E-state index is 14.1. The summed E-state index contributed by atoms with van der Waals surface area (Å²) in [6.45, 7) is 2.11. The highest BCUT2D eigenvalue weighted by Crippen LogP contribution is 2.43. The van der Waals surface area contributed by atoms with Crippen molar-refractivity contribution in [3.63, 3.8) is 0 Å². The predicted molar refractivity (Wildman–Crippen MR) is 119 cm³/mol. The fraction of sp³-hybridized carbons (Fsp3) is 0.520. The largest absolute Gasteiger partial charge is 0.466 e. The van der Waals surface area contributed by atoms with Crippen LogP contribution in [0.25, 0.3) is 0 Å². The number of methoxy groups -OCH3 is 2. The van der Waals surface area contributed by atoms with Crippen molar-refractivity contribution in [1.29, 1.82) is 0 Å². The van der Waals surface area contributed by atoms with E-state index in [0.29, 0.717) is 12.8 Å². The van der Waals surface area contributed by atoms with Crippen LogP contribution < -0.4 is 0 Å². The van der Waals surface area contributed by atoms with Crippen LogP contribution in [0.1, 0.15) is 57.4 Å². The van der Waals surface area contributed by atoms with Crippen LogP contribution >= 0.6 is 0 Å². The van der Waals surface area contributed by atoms with Crippen molar-refractivity contribution in [2.45, 2.75) is 69.8 Å². The van der Waals surface area contributed by atoms with Gasteiger partial charge in [-0.15, -0.1) is 0 Å². The van der Waals surface area contributed by atoms with Gasteiger partial charge < -0.3 is 14.2 Å². The lowest BCUT2D eigenvalue weighted by atomic mass is 9.92. The minimum absolute atomic E-state index is 0.340. The monoisotopic (exact) mass is 470 g/mol. The van der Waals surface area contributed by atoms with Crippen molar-refractivity contribution in [2.24, 2.45) is 0 Å². The van der Waals surface area contributed by atoms with Gasteiger partial charge in [-0.25, -0.2) is 9.59 Å². The smallest absolute Gasteiger partial charge is 0.432 e. The molecule has 8 heteroatoms. The Morgan fingerprint density at radius 2 is 1.61 bits per heavy atom. The second-order valence-corrected chi connectivity index (χ2v) is 7.52. The number of allylic oxidation sites excluding steroid dienone is 2. The molecule has 1 aromatic carbocycles. The van der Waals surface area contributed by atoms with E-state index >= 15 is 0 Å². The number of ether oxygens (including phenoxy) is 3. The molecule has 2 atom stereocenters. The Kier molecular flexibility index (Phi) is 12.5. The zero-order valence-corrected chi connectivity index (χ0v) is 19.4. The van der Waals surface area contributed by atoms with Crippen molar-refractivity contribution in [3.8, 4) is 0 Å². The van der Waals surface area contributed by atoms with Gasteiger partial charge >= 0.3 is 18.1 Å². The Morgan fingerprint density at radius 1 is 0.970 bits per heavy atom. The second-order valence-electron chi connectivity index (χ2n) is 7.52. The number of esters is 2. The van der Waals surface area contributed by atoms with Gasteiger partial charge in [-0.05, 0) is 18.9 Å². The molecule has 5 nitrogen and oxygen atoms in total. The summed E-state index contributed by atoms with van der Waals surface area (Å²) in [5.74, 6) is -2.12. The molecule has 1 aromatic rings. The molecule has 0 saturated carbocycles. The molecule has 0 amide bonds. The van der Waals surface area contributed by atoms with Crippen molar-refractivity contribution in [2.75, 3.05) is 14.2 Å². The number of unbranched alkanes of at least 4 members (excludes halogenated alkanes) is 5.